The number of nitrogens with zero attached hydrogens (tertiary/aromatic N) is 1. The zero-order valence-electron chi connectivity index (χ0n) is 18.5. The van der Waals surface area contributed by atoms with Gasteiger partial charge in [-0.1, -0.05) is 54.6 Å². The molecule has 34 heavy (non-hydrogen) atoms. The molecule has 8 heteroatoms. The first-order valence-corrected chi connectivity index (χ1v) is 12.4. The van der Waals surface area contributed by atoms with Gasteiger partial charge >= 0.3 is 0 Å². The number of hydrogen-bond donors (Lipinski definition) is 3. The summed E-state index contributed by atoms with van der Waals surface area (Å²) in [5.41, 5.74) is 8.52. The van der Waals surface area contributed by atoms with Gasteiger partial charge < -0.3 is 11.1 Å². The van der Waals surface area contributed by atoms with Gasteiger partial charge in [-0.25, -0.2) is 13.1 Å². The van der Waals surface area contributed by atoms with Crippen LogP contribution in [0.25, 0.3) is 0 Å². The predicted molar refractivity (Wildman–Crippen MR) is 133 cm³/mol. The van der Waals surface area contributed by atoms with Crippen LogP contribution in [0.2, 0.25) is 0 Å². The van der Waals surface area contributed by atoms with Crippen molar-refractivity contribution in [2.24, 2.45) is 5.73 Å². The van der Waals surface area contributed by atoms with Crippen molar-refractivity contribution in [1.82, 2.24) is 9.71 Å². The smallest absolute Gasteiger partial charge is 0.255 e. The van der Waals surface area contributed by atoms with E-state index < -0.39 is 15.6 Å². The van der Waals surface area contributed by atoms with Crippen molar-refractivity contribution in [2.75, 3.05) is 11.9 Å². The van der Waals surface area contributed by atoms with Crippen LogP contribution in [0.15, 0.2) is 102 Å². The van der Waals surface area contributed by atoms with Gasteiger partial charge in [0, 0.05) is 30.2 Å². The van der Waals surface area contributed by atoms with Gasteiger partial charge in [0.15, 0.2) is 0 Å². The summed E-state index contributed by atoms with van der Waals surface area (Å²) in [6.07, 6.45) is 11.9. The lowest BCUT2D eigenvalue weighted by atomic mass is 9.85. The maximum absolute atomic E-state index is 12.8. The van der Waals surface area contributed by atoms with E-state index >= 15 is 0 Å². The molecule has 0 bridgehead atoms. The normalized spacial score (nSPS) is 17.4. The number of pyridine rings is 1. The summed E-state index contributed by atoms with van der Waals surface area (Å²) < 4.78 is 28.2. The molecule has 1 aliphatic rings. The van der Waals surface area contributed by atoms with Crippen LogP contribution in [0.4, 0.5) is 5.69 Å². The van der Waals surface area contributed by atoms with E-state index in [4.69, 9.17) is 5.73 Å². The second-order valence-corrected chi connectivity index (χ2v) is 9.82. The molecule has 4 rings (SSSR count). The van der Waals surface area contributed by atoms with Crippen LogP contribution in [-0.4, -0.2) is 25.9 Å². The van der Waals surface area contributed by atoms with Crippen molar-refractivity contribution < 1.29 is 13.2 Å². The van der Waals surface area contributed by atoms with Crippen molar-refractivity contribution in [3.8, 4) is 0 Å². The Labute approximate surface area is 199 Å². The second kappa shape index (κ2) is 10.1. The Hall–Kier alpha value is -3.59. The minimum absolute atomic E-state index is 0.151. The summed E-state index contributed by atoms with van der Waals surface area (Å²) in [6, 6.07) is 17.2. The predicted octanol–water partition coefficient (Wildman–Crippen LogP) is 3.53. The molecule has 1 atom stereocenters. The lowest BCUT2D eigenvalue weighted by Crippen LogP contribution is -2.34. The van der Waals surface area contributed by atoms with Crippen molar-refractivity contribution >= 4 is 21.6 Å². The van der Waals surface area contributed by atoms with E-state index in [0.717, 1.165) is 11.1 Å². The molecule has 1 aromatic heterocycles. The molecular formula is C26H26N4O3S. The van der Waals surface area contributed by atoms with E-state index in [0.29, 0.717) is 24.1 Å². The van der Waals surface area contributed by atoms with Gasteiger partial charge in [-0.15, -0.1) is 0 Å². The topological polar surface area (TPSA) is 114 Å². The quantitative estimate of drug-likeness (QED) is 0.462. The van der Waals surface area contributed by atoms with Crippen LogP contribution >= 0.6 is 0 Å². The molecule has 7 nitrogen and oxygen atoms in total. The Kier molecular flexibility index (Phi) is 7.02. The number of amides is 1. The first-order valence-electron chi connectivity index (χ1n) is 10.9. The van der Waals surface area contributed by atoms with Crippen LogP contribution in [0, 0.1) is 0 Å². The number of rotatable bonds is 8. The second-order valence-electron chi connectivity index (χ2n) is 8.05. The Bertz CT molecular complexity index is 1320. The molecule has 1 aliphatic carbocycles. The monoisotopic (exact) mass is 474 g/mol. The zero-order chi connectivity index (χ0) is 24.0. The Morgan fingerprint density at radius 1 is 1.00 bits per heavy atom. The highest BCUT2D eigenvalue weighted by Gasteiger charge is 2.25. The third kappa shape index (κ3) is 5.48. The fraction of sp³-hybridized carbons (Fsp3) is 0.154. The maximum Gasteiger partial charge on any atom is 0.255 e. The highest BCUT2D eigenvalue weighted by Crippen LogP contribution is 2.27. The molecule has 0 saturated carbocycles. The Balaban J connectivity index is 1.40. The van der Waals surface area contributed by atoms with E-state index in [9.17, 15) is 13.2 Å². The molecule has 3 aromatic rings. The molecule has 1 amide bonds. The number of benzene rings is 2. The van der Waals surface area contributed by atoms with Crippen LogP contribution in [0.1, 0.15) is 27.9 Å². The SMILES string of the molecule is NC1(c2ccc(S(=O)(=O)NCCc3ccccc3C(=O)Nc3ccncc3)cc2)C=CC=CC1. The largest absolute Gasteiger partial charge is 0.322 e. The summed E-state index contributed by atoms with van der Waals surface area (Å²) in [5.74, 6) is -0.262. The molecule has 4 N–H and O–H groups in total. The average Bonchev–Trinajstić information content (AvgIpc) is 2.85. The van der Waals surface area contributed by atoms with Gasteiger partial charge in [-0.2, -0.15) is 0 Å². The first-order chi connectivity index (χ1) is 16.4. The highest BCUT2D eigenvalue weighted by atomic mass is 32.2. The molecule has 0 saturated heterocycles. The number of allylic oxidation sites excluding steroid dienone is 2. The van der Waals surface area contributed by atoms with E-state index in [-0.39, 0.29) is 17.3 Å². The van der Waals surface area contributed by atoms with Gasteiger partial charge in [-0.05, 0) is 54.3 Å². The van der Waals surface area contributed by atoms with E-state index in [1.54, 1.807) is 60.9 Å². The number of carbonyl (C=O) groups is 1. The summed E-state index contributed by atoms with van der Waals surface area (Å²) in [5, 5.41) is 2.83. The van der Waals surface area contributed by atoms with Crippen LogP contribution in [-0.2, 0) is 22.0 Å². The lowest BCUT2D eigenvalue weighted by molar-refractivity contribution is 0.102. The minimum atomic E-state index is -3.71. The van der Waals surface area contributed by atoms with Gasteiger partial charge in [0.1, 0.15) is 0 Å². The number of carbonyl (C=O) groups excluding carboxylic acids is 1. The third-order valence-electron chi connectivity index (χ3n) is 5.69. The standard InChI is InChI=1S/C26H26N4O3S/c27-26(15-4-1-5-16-26)21-8-10-23(11-9-21)34(32,33)29-19-12-20-6-2-3-7-24(20)25(31)30-22-13-17-28-18-14-22/h1-11,13-15,17-18,29H,12,16,19,27H2,(H,28,30,31). The van der Waals surface area contributed by atoms with Gasteiger partial charge in [0.05, 0.1) is 10.4 Å². The lowest BCUT2D eigenvalue weighted by Gasteiger charge is -2.27. The fourth-order valence-corrected chi connectivity index (χ4v) is 4.82. The number of nitrogens with one attached hydrogen (secondary N) is 2. The van der Waals surface area contributed by atoms with Crippen LogP contribution < -0.4 is 15.8 Å². The molecule has 0 radical (unpaired) electrons. The first kappa shape index (κ1) is 23.6. The van der Waals surface area contributed by atoms with E-state index in [1.807, 2.05) is 36.4 Å². The van der Waals surface area contributed by atoms with Gasteiger partial charge in [0.2, 0.25) is 10.0 Å². The van der Waals surface area contributed by atoms with E-state index in [2.05, 4.69) is 15.0 Å². The maximum atomic E-state index is 12.8. The van der Waals surface area contributed by atoms with Gasteiger partial charge in [0.25, 0.3) is 5.91 Å². The molecule has 1 unspecified atom stereocenters. The number of hydrogen-bond acceptors (Lipinski definition) is 5. The molecular weight excluding hydrogens is 448 g/mol. The Morgan fingerprint density at radius 3 is 2.44 bits per heavy atom. The molecule has 0 spiro atoms. The summed E-state index contributed by atoms with van der Waals surface area (Å²) in [4.78, 5) is 16.8. The number of nitrogens with two attached hydrogens (primary N) is 1. The van der Waals surface area contributed by atoms with Gasteiger partial charge in [-0.3, -0.25) is 9.78 Å². The summed E-state index contributed by atoms with van der Waals surface area (Å²) in [6.45, 7) is 0.151. The molecule has 0 fully saturated rings. The van der Waals surface area contributed by atoms with E-state index in [1.165, 1.54) is 0 Å². The minimum Gasteiger partial charge on any atom is -0.322 e. The van der Waals surface area contributed by atoms with Crippen LogP contribution in [0.5, 0.6) is 0 Å². The molecule has 174 valence electrons. The van der Waals surface area contributed by atoms with Crippen molar-refractivity contribution in [1.29, 1.82) is 0 Å². The molecule has 2 aromatic carbocycles. The number of sulfonamides is 1. The number of aromatic nitrogens is 1. The third-order valence-corrected chi connectivity index (χ3v) is 7.16. The van der Waals surface area contributed by atoms with Crippen LogP contribution in [0.3, 0.4) is 0 Å². The Morgan fingerprint density at radius 2 is 1.74 bits per heavy atom. The summed E-state index contributed by atoms with van der Waals surface area (Å²) >= 11 is 0. The average molecular weight is 475 g/mol. The summed E-state index contributed by atoms with van der Waals surface area (Å²) in [7, 11) is -3.71. The molecule has 0 aliphatic heterocycles. The molecule has 1 heterocycles. The van der Waals surface area contributed by atoms with Crippen molar-refractivity contribution in [3.63, 3.8) is 0 Å². The highest BCUT2D eigenvalue weighted by molar-refractivity contribution is 7.89. The fourth-order valence-electron chi connectivity index (χ4n) is 3.79. The zero-order valence-corrected chi connectivity index (χ0v) is 19.3. The van der Waals surface area contributed by atoms with Crippen molar-refractivity contribution in [2.45, 2.75) is 23.3 Å². The number of anilines is 1. The van der Waals surface area contributed by atoms with Crippen molar-refractivity contribution in [3.05, 3.63) is 114 Å².